The summed E-state index contributed by atoms with van der Waals surface area (Å²) in [6, 6.07) is 17.6. The quantitative estimate of drug-likeness (QED) is 0.192. The van der Waals surface area contributed by atoms with E-state index in [9.17, 15) is 14.9 Å². The number of amides is 2. The van der Waals surface area contributed by atoms with Crippen molar-refractivity contribution in [2.75, 3.05) is 26.9 Å². The summed E-state index contributed by atoms with van der Waals surface area (Å²) in [5.74, 6) is 0.169. The molecule has 3 aromatic rings. The Kier molecular flexibility index (Phi) is 8.97. The Morgan fingerprint density at radius 2 is 1.82 bits per heavy atom. The Bertz CT molecular complexity index is 1510. The lowest BCUT2D eigenvalue weighted by molar-refractivity contribution is -0.140. The largest absolute Gasteiger partial charge is 0.493 e. The first-order chi connectivity index (χ1) is 19.2. The SMILES string of the molecule is COCCCN1C(=O)C(C#N)=C(C)/C(=C\c2cn(-c3ccccc3)nc2-c2ccc(OCC(C)C)cc2C)C1=O. The highest BCUT2D eigenvalue weighted by Gasteiger charge is 2.35. The highest BCUT2D eigenvalue weighted by molar-refractivity contribution is 6.19. The molecule has 8 heteroatoms. The Morgan fingerprint density at radius 3 is 2.48 bits per heavy atom. The van der Waals surface area contributed by atoms with E-state index in [0.717, 1.165) is 27.5 Å². The van der Waals surface area contributed by atoms with Crippen LogP contribution in [0.15, 0.2) is 71.4 Å². The van der Waals surface area contributed by atoms with Crippen LogP contribution >= 0.6 is 0 Å². The van der Waals surface area contributed by atoms with Gasteiger partial charge in [-0.3, -0.25) is 14.5 Å². The maximum atomic E-state index is 13.6. The van der Waals surface area contributed by atoms with E-state index in [-0.39, 0.29) is 17.7 Å². The molecule has 8 nitrogen and oxygen atoms in total. The molecule has 1 aliphatic heterocycles. The minimum Gasteiger partial charge on any atom is -0.493 e. The number of carbonyl (C=O) groups excluding carboxylic acids is 2. The summed E-state index contributed by atoms with van der Waals surface area (Å²) in [5, 5.41) is 14.7. The van der Waals surface area contributed by atoms with Crippen LogP contribution < -0.4 is 4.74 Å². The van der Waals surface area contributed by atoms with Crippen LogP contribution in [0.4, 0.5) is 0 Å². The molecule has 0 saturated carbocycles. The van der Waals surface area contributed by atoms with Crippen LogP contribution in [-0.2, 0) is 14.3 Å². The van der Waals surface area contributed by atoms with Crippen molar-refractivity contribution in [3.8, 4) is 28.8 Å². The molecule has 2 amide bonds. The maximum absolute atomic E-state index is 13.6. The summed E-state index contributed by atoms with van der Waals surface area (Å²) in [5.41, 5.74) is 4.68. The van der Waals surface area contributed by atoms with Gasteiger partial charge in [0, 0.05) is 43.2 Å². The number of imide groups is 1. The minimum atomic E-state index is -0.578. The van der Waals surface area contributed by atoms with E-state index in [2.05, 4.69) is 13.8 Å². The van der Waals surface area contributed by atoms with Crippen molar-refractivity contribution in [3.05, 3.63) is 82.6 Å². The molecule has 0 radical (unpaired) electrons. The van der Waals surface area contributed by atoms with Crippen LogP contribution in [0.25, 0.3) is 23.0 Å². The van der Waals surface area contributed by atoms with Gasteiger partial charge in [-0.05, 0) is 73.7 Å². The van der Waals surface area contributed by atoms with Gasteiger partial charge in [0.1, 0.15) is 23.1 Å². The second-order valence-corrected chi connectivity index (χ2v) is 10.2. The third-order valence-electron chi connectivity index (χ3n) is 6.66. The fourth-order valence-corrected chi connectivity index (χ4v) is 4.53. The number of hydrogen-bond acceptors (Lipinski definition) is 6. The first-order valence-electron chi connectivity index (χ1n) is 13.3. The fraction of sp³-hybridized carbons (Fsp3) is 0.312. The summed E-state index contributed by atoms with van der Waals surface area (Å²) < 4.78 is 12.8. The van der Waals surface area contributed by atoms with Crippen LogP contribution in [0.1, 0.15) is 38.3 Å². The predicted octanol–water partition coefficient (Wildman–Crippen LogP) is 5.51. The molecule has 1 aromatic heterocycles. The summed E-state index contributed by atoms with van der Waals surface area (Å²) >= 11 is 0. The molecule has 0 aliphatic carbocycles. The van der Waals surface area contributed by atoms with Crippen molar-refractivity contribution < 1.29 is 19.1 Å². The lowest BCUT2D eigenvalue weighted by atomic mass is 9.92. The second kappa shape index (κ2) is 12.6. The molecule has 4 rings (SSSR count). The number of aryl methyl sites for hydroxylation is 1. The molecule has 40 heavy (non-hydrogen) atoms. The van der Waals surface area contributed by atoms with Gasteiger partial charge < -0.3 is 9.47 Å². The topological polar surface area (TPSA) is 97.5 Å². The number of methoxy groups -OCH3 is 1. The lowest BCUT2D eigenvalue weighted by Crippen LogP contribution is -2.43. The summed E-state index contributed by atoms with van der Waals surface area (Å²) in [6.07, 6.45) is 4.06. The van der Waals surface area contributed by atoms with Gasteiger partial charge in [-0.1, -0.05) is 32.0 Å². The summed E-state index contributed by atoms with van der Waals surface area (Å²) in [7, 11) is 1.56. The van der Waals surface area contributed by atoms with Crippen molar-refractivity contribution in [3.63, 3.8) is 0 Å². The van der Waals surface area contributed by atoms with Crippen molar-refractivity contribution >= 4 is 17.9 Å². The number of para-hydroxylation sites is 1. The van der Waals surface area contributed by atoms with Crippen molar-refractivity contribution in [1.29, 1.82) is 5.26 Å². The predicted molar refractivity (Wildman–Crippen MR) is 154 cm³/mol. The van der Waals surface area contributed by atoms with Gasteiger partial charge >= 0.3 is 0 Å². The van der Waals surface area contributed by atoms with Gasteiger partial charge in [-0.2, -0.15) is 10.4 Å². The van der Waals surface area contributed by atoms with Gasteiger partial charge in [0.25, 0.3) is 11.8 Å². The molecular weight excluding hydrogens is 504 g/mol. The lowest BCUT2D eigenvalue weighted by Gasteiger charge is -2.27. The normalized spacial score (nSPS) is 14.8. The number of benzene rings is 2. The molecule has 0 unspecified atom stereocenters. The first kappa shape index (κ1) is 28.5. The number of ether oxygens (including phenoxy) is 2. The van der Waals surface area contributed by atoms with Crippen molar-refractivity contribution in [2.45, 2.75) is 34.1 Å². The zero-order valence-electron chi connectivity index (χ0n) is 23.6. The van der Waals surface area contributed by atoms with E-state index < -0.39 is 11.8 Å². The van der Waals surface area contributed by atoms with Crippen LogP contribution in [0.5, 0.6) is 5.75 Å². The fourth-order valence-electron chi connectivity index (χ4n) is 4.53. The molecule has 2 aromatic carbocycles. The molecule has 2 heterocycles. The number of nitrogens with zero attached hydrogens (tertiary/aromatic N) is 4. The Hall–Kier alpha value is -4.48. The van der Waals surface area contributed by atoms with Gasteiger partial charge in [0.2, 0.25) is 0 Å². The summed E-state index contributed by atoms with van der Waals surface area (Å²) in [4.78, 5) is 27.7. The van der Waals surface area contributed by atoms with Crippen molar-refractivity contribution in [2.24, 2.45) is 5.92 Å². The number of aromatic nitrogens is 2. The number of hydrogen-bond donors (Lipinski definition) is 0. The zero-order chi connectivity index (χ0) is 28.8. The highest BCUT2D eigenvalue weighted by Crippen LogP contribution is 2.33. The van der Waals surface area contributed by atoms with Gasteiger partial charge in [-0.15, -0.1) is 0 Å². The molecule has 0 N–H and O–H groups in total. The molecule has 0 bridgehead atoms. The number of nitriles is 1. The molecule has 1 aliphatic rings. The smallest absolute Gasteiger partial charge is 0.271 e. The first-order valence-corrected chi connectivity index (χ1v) is 13.3. The Labute approximate surface area is 235 Å². The molecular formula is C32H34N4O4. The minimum absolute atomic E-state index is 0.0388. The van der Waals surface area contributed by atoms with Crippen LogP contribution in [0.3, 0.4) is 0 Å². The molecule has 0 atom stereocenters. The molecule has 0 saturated heterocycles. The maximum Gasteiger partial charge on any atom is 0.271 e. The average molecular weight is 539 g/mol. The number of carbonyl (C=O) groups is 2. The monoisotopic (exact) mass is 538 g/mol. The molecule has 206 valence electrons. The molecule has 0 fully saturated rings. The third kappa shape index (κ3) is 6.05. The third-order valence-corrected chi connectivity index (χ3v) is 6.66. The van der Waals surface area contributed by atoms with E-state index in [4.69, 9.17) is 14.6 Å². The summed E-state index contributed by atoms with van der Waals surface area (Å²) in [6.45, 7) is 9.01. The van der Waals surface area contributed by atoms with Gasteiger partial charge in [0.05, 0.1) is 12.3 Å². The highest BCUT2D eigenvalue weighted by atomic mass is 16.5. The Balaban J connectivity index is 1.84. The average Bonchev–Trinajstić information content (AvgIpc) is 3.36. The zero-order valence-corrected chi connectivity index (χ0v) is 23.6. The van der Waals surface area contributed by atoms with E-state index in [1.807, 2.05) is 67.7 Å². The second-order valence-electron chi connectivity index (χ2n) is 10.2. The van der Waals surface area contributed by atoms with Gasteiger partial charge in [0.15, 0.2) is 0 Å². The molecule has 0 spiro atoms. The van der Waals surface area contributed by atoms with Crippen LogP contribution in [-0.4, -0.2) is 53.4 Å². The van der Waals surface area contributed by atoms with E-state index in [0.29, 0.717) is 42.4 Å². The Morgan fingerprint density at radius 1 is 1.07 bits per heavy atom. The van der Waals surface area contributed by atoms with E-state index in [1.165, 1.54) is 0 Å². The standard InChI is InChI=1S/C32H34N4O4/c1-21(2)20-40-26-12-13-27(22(3)16-26)30-24(19-36(34-30)25-10-7-6-8-11-25)17-28-23(4)29(18-33)32(38)35(31(28)37)14-9-15-39-5/h6-8,10-13,16-17,19,21H,9,14-15,20H2,1-5H3/b28-17+. The van der Waals surface area contributed by atoms with Crippen LogP contribution in [0.2, 0.25) is 0 Å². The number of rotatable bonds is 10. The van der Waals surface area contributed by atoms with E-state index in [1.54, 1.807) is 24.8 Å². The van der Waals surface area contributed by atoms with E-state index >= 15 is 0 Å². The van der Waals surface area contributed by atoms with Gasteiger partial charge in [-0.25, -0.2) is 4.68 Å². The van der Waals surface area contributed by atoms with Crippen LogP contribution in [0, 0.1) is 24.2 Å². The van der Waals surface area contributed by atoms with Crippen molar-refractivity contribution in [1.82, 2.24) is 14.7 Å².